The lowest BCUT2D eigenvalue weighted by atomic mass is 10.2. The number of rotatable bonds is 4. The molecule has 1 N–H and O–H groups in total. The highest BCUT2D eigenvalue weighted by Crippen LogP contribution is 1.97. The normalized spacial score (nSPS) is 8.59. The maximum atomic E-state index is 10.5. The van der Waals surface area contributed by atoms with Gasteiger partial charge < -0.3 is 9.84 Å². The van der Waals surface area contributed by atoms with Gasteiger partial charge in [-0.3, -0.25) is 0 Å². The summed E-state index contributed by atoms with van der Waals surface area (Å²) >= 11 is 0. The third kappa shape index (κ3) is 7.99. The zero-order valence-electron chi connectivity index (χ0n) is 10.1. The molecule has 0 aliphatic rings. The minimum atomic E-state index is -0.455. The molecule has 0 amide bonds. The van der Waals surface area contributed by atoms with Crippen molar-refractivity contribution >= 4 is 12.0 Å². The van der Waals surface area contributed by atoms with Gasteiger partial charge in [-0.2, -0.15) is 0 Å². The van der Waals surface area contributed by atoms with E-state index in [1.807, 2.05) is 36.4 Å². The van der Waals surface area contributed by atoms with Crippen molar-refractivity contribution in [3.8, 4) is 0 Å². The molecule has 0 saturated carbocycles. The molecule has 0 radical (unpaired) electrons. The van der Waals surface area contributed by atoms with Gasteiger partial charge in [0.1, 0.15) is 6.61 Å². The van der Waals surface area contributed by atoms with Crippen LogP contribution < -0.4 is 0 Å². The number of aliphatic hydroxyl groups excluding tert-OH is 1. The number of aliphatic hydroxyl groups is 1. The molecule has 0 unspecified atom stereocenters. The molecule has 3 nitrogen and oxygen atoms in total. The van der Waals surface area contributed by atoms with Gasteiger partial charge in [-0.05, 0) is 12.5 Å². The molecular formula is C14H18O3. The molecule has 1 rings (SSSR count). The smallest absolute Gasteiger partial charge is 0.333 e. The lowest BCUT2D eigenvalue weighted by Gasteiger charge is -1.99. The molecule has 0 spiro atoms. The van der Waals surface area contributed by atoms with Gasteiger partial charge in [-0.1, -0.05) is 49.6 Å². The Balaban J connectivity index is 0.000000302. The Hall–Kier alpha value is -1.87. The van der Waals surface area contributed by atoms with Crippen LogP contribution in [0.15, 0.2) is 49.1 Å². The second-order valence-electron chi connectivity index (χ2n) is 3.25. The van der Waals surface area contributed by atoms with E-state index in [0.29, 0.717) is 5.57 Å². The molecule has 0 aliphatic carbocycles. The van der Waals surface area contributed by atoms with Gasteiger partial charge in [0.25, 0.3) is 0 Å². The highest BCUT2D eigenvalue weighted by atomic mass is 16.5. The molecule has 0 heterocycles. The van der Waals surface area contributed by atoms with Crippen LogP contribution >= 0.6 is 0 Å². The number of carbonyl (C=O) groups is 1. The number of ether oxygens (including phenoxy) is 1. The minimum Gasteiger partial charge on any atom is -0.460 e. The van der Waals surface area contributed by atoms with Gasteiger partial charge in [0.15, 0.2) is 0 Å². The molecule has 3 heteroatoms. The first-order valence-electron chi connectivity index (χ1n) is 5.22. The Labute approximate surface area is 102 Å². The van der Waals surface area contributed by atoms with E-state index in [1.54, 1.807) is 6.92 Å². The molecule has 0 fully saturated rings. The summed E-state index contributed by atoms with van der Waals surface area (Å²) < 4.78 is 4.46. The third-order valence-electron chi connectivity index (χ3n) is 1.71. The second-order valence-corrected chi connectivity index (χ2v) is 3.25. The molecule has 0 bridgehead atoms. The summed E-state index contributed by atoms with van der Waals surface area (Å²) in [7, 11) is 0. The fourth-order valence-corrected chi connectivity index (χ4v) is 0.851. The first-order chi connectivity index (χ1) is 8.11. The lowest BCUT2D eigenvalue weighted by molar-refractivity contribution is -0.139. The van der Waals surface area contributed by atoms with Crippen LogP contribution in [0.5, 0.6) is 0 Å². The molecule has 0 saturated heterocycles. The lowest BCUT2D eigenvalue weighted by Crippen LogP contribution is -2.08. The van der Waals surface area contributed by atoms with E-state index in [0.717, 1.165) is 0 Å². The minimum absolute atomic E-state index is 0.0473. The van der Waals surface area contributed by atoms with Gasteiger partial charge in [0, 0.05) is 5.57 Å². The van der Waals surface area contributed by atoms with E-state index >= 15 is 0 Å². The van der Waals surface area contributed by atoms with Crippen molar-refractivity contribution < 1.29 is 14.6 Å². The first-order valence-corrected chi connectivity index (χ1v) is 5.22. The molecule has 92 valence electrons. The monoisotopic (exact) mass is 234 g/mol. The van der Waals surface area contributed by atoms with E-state index in [2.05, 4.69) is 17.9 Å². The molecule has 1 aromatic rings. The molecule has 0 aliphatic heterocycles. The van der Waals surface area contributed by atoms with Crippen molar-refractivity contribution in [2.75, 3.05) is 13.2 Å². The van der Waals surface area contributed by atoms with Crippen LogP contribution in [0.1, 0.15) is 12.5 Å². The van der Waals surface area contributed by atoms with Crippen LogP contribution in [0.25, 0.3) is 6.08 Å². The van der Waals surface area contributed by atoms with E-state index in [-0.39, 0.29) is 13.2 Å². The Kier molecular flexibility index (Phi) is 8.33. The van der Waals surface area contributed by atoms with E-state index in [1.165, 1.54) is 5.56 Å². The van der Waals surface area contributed by atoms with E-state index in [4.69, 9.17) is 5.11 Å². The number of carbonyl (C=O) groups excluding carboxylic acids is 1. The summed E-state index contributed by atoms with van der Waals surface area (Å²) in [4.78, 5) is 10.5. The Morgan fingerprint density at radius 2 is 2.00 bits per heavy atom. The molecule has 0 aromatic heterocycles. The summed E-state index contributed by atoms with van der Waals surface area (Å²) in [5, 5.41) is 8.19. The standard InChI is InChI=1S/C8H8.C6H10O3/c1-2-8-6-4-3-5-7-8;1-5(2)6(8)9-4-3-7/h2-7H,1H2;7H,1,3-4H2,2H3. The molecular weight excluding hydrogens is 216 g/mol. The zero-order valence-corrected chi connectivity index (χ0v) is 10.1. The van der Waals surface area contributed by atoms with Crippen LogP contribution in [-0.4, -0.2) is 24.3 Å². The zero-order chi connectivity index (χ0) is 13.1. The molecule has 0 atom stereocenters. The Morgan fingerprint density at radius 3 is 2.35 bits per heavy atom. The van der Waals surface area contributed by atoms with Crippen LogP contribution in [-0.2, 0) is 9.53 Å². The van der Waals surface area contributed by atoms with Crippen molar-refractivity contribution in [1.29, 1.82) is 0 Å². The van der Waals surface area contributed by atoms with Crippen LogP contribution in [0.3, 0.4) is 0 Å². The van der Waals surface area contributed by atoms with Gasteiger partial charge in [-0.25, -0.2) is 4.79 Å². The largest absolute Gasteiger partial charge is 0.460 e. The highest BCUT2D eigenvalue weighted by molar-refractivity contribution is 5.86. The van der Waals surface area contributed by atoms with Gasteiger partial charge >= 0.3 is 5.97 Å². The third-order valence-corrected chi connectivity index (χ3v) is 1.71. The quantitative estimate of drug-likeness (QED) is 0.643. The fraction of sp³-hybridized carbons (Fsp3) is 0.214. The van der Waals surface area contributed by atoms with Crippen LogP contribution in [0.4, 0.5) is 0 Å². The van der Waals surface area contributed by atoms with Crippen molar-refractivity contribution in [2.24, 2.45) is 0 Å². The Morgan fingerprint density at radius 1 is 1.41 bits per heavy atom. The number of benzene rings is 1. The first kappa shape index (κ1) is 15.1. The van der Waals surface area contributed by atoms with Gasteiger partial charge in [0.2, 0.25) is 0 Å². The SMILES string of the molecule is C=C(C)C(=O)OCCO.C=Cc1ccccc1. The summed E-state index contributed by atoms with van der Waals surface area (Å²) in [6.45, 7) is 8.45. The predicted molar refractivity (Wildman–Crippen MR) is 69.4 cm³/mol. The number of hydrogen-bond acceptors (Lipinski definition) is 3. The summed E-state index contributed by atoms with van der Waals surface area (Å²) in [6, 6.07) is 10.0. The number of hydrogen-bond donors (Lipinski definition) is 1. The number of esters is 1. The van der Waals surface area contributed by atoms with E-state index < -0.39 is 5.97 Å². The average Bonchev–Trinajstić information content (AvgIpc) is 2.37. The van der Waals surface area contributed by atoms with Gasteiger partial charge in [0.05, 0.1) is 6.61 Å². The summed E-state index contributed by atoms with van der Waals surface area (Å²) in [6.07, 6.45) is 1.83. The maximum absolute atomic E-state index is 10.5. The van der Waals surface area contributed by atoms with E-state index in [9.17, 15) is 4.79 Å². The molecule has 1 aromatic carbocycles. The van der Waals surface area contributed by atoms with Crippen LogP contribution in [0.2, 0.25) is 0 Å². The second kappa shape index (κ2) is 9.36. The molecule has 17 heavy (non-hydrogen) atoms. The van der Waals surface area contributed by atoms with Crippen molar-refractivity contribution in [3.63, 3.8) is 0 Å². The predicted octanol–water partition coefficient (Wildman–Crippen LogP) is 2.43. The van der Waals surface area contributed by atoms with Gasteiger partial charge in [-0.15, -0.1) is 0 Å². The maximum Gasteiger partial charge on any atom is 0.333 e. The summed E-state index contributed by atoms with van der Waals surface area (Å²) in [5.41, 5.74) is 1.52. The Bertz CT molecular complexity index is 355. The highest BCUT2D eigenvalue weighted by Gasteiger charge is 1.99. The topological polar surface area (TPSA) is 46.5 Å². The van der Waals surface area contributed by atoms with Crippen molar-refractivity contribution in [1.82, 2.24) is 0 Å². The summed E-state index contributed by atoms with van der Waals surface area (Å²) in [5.74, 6) is -0.455. The van der Waals surface area contributed by atoms with Crippen LogP contribution in [0, 0.1) is 0 Å². The average molecular weight is 234 g/mol. The van der Waals surface area contributed by atoms with Crippen molar-refractivity contribution in [3.05, 3.63) is 54.6 Å². The fourth-order valence-electron chi connectivity index (χ4n) is 0.851. The van der Waals surface area contributed by atoms with Crippen molar-refractivity contribution in [2.45, 2.75) is 6.92 Å².